The second-order valence-corrected chi connectivity index (χ2v) is 5.53. The second-order valence-electron chi connectivity index (χ2n) is 5.53. The summed E-state index contributed by atoms with van der Waals surface area (Å²) in [6.45, 7) is 3.62. The zero-order valence-electron chi connectivity index (χ0n) is 13.4. The van der Waals surface area contributed by atoms with E-state index in [2.05, 4.69) is 0 Å². The first kappa shape index (κ1) is 17.0. The Morgan fingerprint density at radius 3 is 2.74 bits per heavy atom. The molecule has 0 atom stereocenters. The van der Waals surface area contributed by atoms with E-state index in [0.717, 1.165) is 5.57 Å². The largest absolute Gasteiger partial charge is 0.496 e. The molecule has 0 spiro atoms. The molecule has 124 valence electrons. The van der Waals surface area contributed by atoms with E-state index in [1.807, 2.05) is 0 Å². The number of carboxylic acid groups (broad SMARTS) is 1. The molecule has 23 heavy (non-hydrogen) atoms. The normalized spacial score (nSPS) is 13.7. The summed E-state index contributed by atoms with van der Waals surface area (Å²) in [5.41, 5.74) is 2.34. The minimum absolute atomic E-state index is 0.0186. The summed E-state index contributed by atoms with van der Waals surface area (Å²) in [7, 11) is 1.45. The lowest BCUT2D eigenvalue weighted by atomic mass is 9.95. The summed E-state index contributed by atoms with van der Waals surface area (Å²) in [4.78, 5) is 22.3. The van der Waals surface area contributed by atoms with Crippen LogP contribution in [-0.2, 0) is 22.6 Å². The molecule has 6 heteroatoms. The molecule has 0 amide bonds. The van der Waals surface area contributed by atoms with E-state index in [9.17, 15) is 14.0 Å². The first-order chi connectivity index (χ1) is 10.9. The van der Waals surface area contributed by atoms with Crippen LogP contribution in [0.4, 0.5) is 4.39 Å². The molecule has 1 N–H and O–H groups in total. The van der Waals surface area contributed by atoms with Crippen LogP contribution >= 0.6 is 0 Å². The third kappa shape index (κ3) is 3.36. The Balaban J connectivity index is 2.37. The Kier molecular flexibility index (Phi) is 5.03. The topological polar surface area (TPSA) is 72.8 Å². The number of rotatable bonds is 6. The Bertz CT molecular complexity index is 691. The summed E-state index contributed by atoms with van der Waals surface area (Å²) >= 11 is 0. The van der Waals surface area contributed by atoms with E-state index in [1.165, 1.54) is 7.11 Å². The van der Waals surface area contributed by atoms with Crippen LogP contribution in [0.1, 0.15) is 46.8 Å². The number of carbonyl (C=O) groups is 2. The maximum absolute atomic E-state index is 14.7. The van der Waals surface area contributed by atoms with E-state index in [1.54, 1.807) is 19.9 Å². The molecule has 1 aromatic carbocycles. The van der Waals surface area contributed by atoms with Gasteiger partial charge >= 0.3 is 11.9 Å². The highest BCUT2D eigenvalue weighted by atomic mass is 19.1. The molecular weight excluding hydrogens is 303 g/mol. The van der Waals surface area contributed by atoms with Gasteiger partial charge in [0.05, 0.1) is 7.11 Å². The number of hydrogen-bond acceptors (Lipinski definition) is 4. The van der Waals surface area contributed by atoms with E-state index < -0.39 is 17.8 Å². The lowest BCUT2D eigenvalue weighted by Gasteiger charge is -2.15. The molecule has 0 unspecified atom stereocenters. The first-order valence-electron chi connectivity index (χ1n) is 7.29. The average Bonchev–Trinajstić information content (AvgIpc) is 2.89. The van der Waals surface area contributed by atoms with Crippen molar-refractivity contribution in [2.75, 3.05) is 7.11 Å². The Morgan fingerprint density at radius 1 is 1.43 bits per heavy atom. The van der Waals surface area contributed by atoms with Crippen LogP contribution in [0.25, 0.3) is 0 Å². The van der Waals surface area contributed by atoms with Gasteiger partial charge in [0.2, 0.25) is 0 Å². The fraction of sp³-hybridized carbons (Fsp3) is 0.412. The quantitative estimate of drug-likeness (QED) is 0.643. The Morgan fingerprint density at radius 2 is 2.13 bits per heavy atom. The molecule has 0 aliphatic carbocycles. The molecule has 0 saturated heterocycles. The molecule has 0 saturated carbocycles. The number of esters is 1. The number of benzene rings is 1. The lowest BCUT2D eigenvalue weighted by Crippen LogP contribution is -2.07. The summed E-state index contributed by atoms with van der Waals surface area (Å²) in [6.07, 6.45) is 2.40. The maximum Gasteiger partial charge on any atom is 0.341 e. The van der Waals surface area contributed by atoms with Gasteiger partial charge in [0, 0.05) is 17.5 Å². The number of methoxy groups -OCH3 is 1. The Labute approximate surface area is 133 Å². The van der Waals surface area contributed by atoms with Crippen molar-refractivity contribution in [2.24, 2.45) is 0 Å². The Hall–Kier alpha value is -2.37. The molecule has 0 aromatic heterocycles. The van der Waals surface area contributed by atoms with Gasteiger partial charge in [-0.15, -0.1) is 0 Å². The van der Waals surface area contributed by atoms with Crippen molar-refractivity contribution in [1.82, 2.24) is 0 Å². The zero-order valence-corrected chi connectivity index (χ0v) is 13.4. The molecule has 1 aromatic rings. The first-order valence-corrected chi connectivity index (χ1v) is 7.29. The predicted octanol–water partition coefficient (Wildman–Crippen LogP) is 3.17. The summed E-state index contributed by atoms with van der Waals surface area (Å²) in [5.74, 6) is -1.75. The number of hydrogen-bond donors (Lipinski definition) is 1. The molecule has 1 heterocycles. The smallest absolute Gasteiger partial charge is 0.341 e. The van der Waals surface area contributed by atoms with E-state index >= 15 is 0 Å². The zero-order chi connectivity index (χ0) is 17.1. The SMILES string of the molecule is COc1c(C)c2c(c(F)c1CC=C(C)CCC(=O)O)C(=O)OC2. The molecule has 0 radical (unpaired) electrons. The fourth-order valence-electron chi connectivity index (χ4n) is 2.68. The number of aliphatic carboxylic acids is 1. The van der Waals surface area contributed by atoms with Gasteiger partial charge in [-0.1, -0.05) is 11.6 Å². The van der Waals surface area contributed by atoms with Gasteiger partial charge in [-0.2, -0.15) is 0 Å². The second kappa shape index (κ2) is 6.81. The monoisotopic (exact) mass is 322 g/mol. The van der Waals surface area contributed by atoms with Gasteiger partial charge in [-0.3, -0.25) is 4.79 Å². The van der Waals surface area contributed by atoms with Crippen molar-refractivity contribution in [2.45, 2.75) is 39.7 Å². The molecule has 2 rings (SSSR count). The van der Waals surface area contributed by atoms with Crippen LogP contribution in [-0.4, -0.2) is 24.2 Å². The highest BCUT2D eigenvalue weighted by molar-refractivity contribution is 5.95. The van der Waals surface area contributed by atoms with Gasteiger partial charge in [-0.25, -0.2) is 9.18 Å². The number of fused-ring (bicyclic) bond motifs is 1. The van der Waals surface area contributed by atoms with Crippen molar-refractivity contribution >= 4 is 11.9 Å². The molecule has 0 fully saturated rings. The van der Waals surface area contributed by atoms with Gasteiger partial charge in [-0.05, 0) is 32.3 Å². The fourth-order valence-corrected chi connectivity index (χ4v) is 2.68. The summed E-state index contributed by atoms with van der Waals surface area (Å²) in [6, 6.07) is 0. The van der Waals surface area contributed by atoms with E-state index in [4.69, 9.17) is 14.6 Å². The van der Waals surface area contributed by atoms with Crippen molar-refractivity contribution < 1.29 is 28.6 Å². The average molecular weight is 322 g/mol. The highest BCUT2D eigenvalue weighted by Gasteiger charge is 2.32. The molecule has 1 aliphatic rings. The van der Waals surface area contributed by atoms with Gasteiger partial charge in [0.25, 0.3) is 0 Å². The standard InChI is InChI=1S/C17H19FO5/c1-9(5-7-13(19)20)4-6-11-15(18)14-12(8-23-17(14)21)10(2)16(11)22-3/h4H,5-8H2,1-3H3,(H,19,20). The van der Waals surface area contributed by atoms with Crippen LogP contribution in [0.15, 0.2) is 11.6 Å². The minimum atomic E-state index is -0.877. The maximum atomic E-state index is 14.7. The van der Waals surface area contributed by atoms with Crippen LogP contribution in [0.5, 0.6) is 5.75 Å². The number of allylic oxidation sites excluding steroid dienone is 2. The van der Waals surface area contributed by atoms with Crippen molar-refractivity contribution in [3.05, 3.63) is 39.7 Å². The number of cyclic esters (lactones) is 1. The predicted molar refractivity (Wildman–Crippen MR) is 81.1 cm³/mol. The highest BCUT2D eigenvalue weighted by Crippen LogP contribution is 2.37. The van der Waals surface area contributed by atoms with Crippen molar-refractivity contribution in [3.63, 3.8) is 0 Å². The van der Waals surface area contributed by atoms with Gasteiger partial charge in [0.1, 0.15) is 23.7 Å². The van der Waals surface area contributed by atoms with Crippen LogP contribution in [0.3, 0.4) is 0 Å². The number of halogens is 1. The minimum Gasteiger partial charge on any atom is -0.496 e. The van der Waals surface area contributed by atoms with Crippen LogP contribution in [0, 0.1) is 12.7 Å². The molecule has 1 aliphatic heterocycles. The van der Waals surface area contributed by atoms with E-state index in [-0.39, 0.29) is 30.6 Å². The van der Waals surface area contributed by atoms with Gasteiger partial charge < -0.3 is 14.6 Å². The van der Waals surface area contributed by atoms with Crippen LogP contribution < -0.4 is 4.74 Å². The van der Waals surface area contributed by atoms with Crippen LogP contribution in [0.2, 0.25) is 0 Å². The summed E-state index contributed by atoms with van der Waals surface area (Å²) in [5, 5.41) is 8.69. The van der Waals surface area contributed by atoms with Crippen molar-refractivity contribution in [3.8, 4) is 5.75 Å². The number of carbonyl (C=O) groups excluding carboxylic acids is 1. The molecule has 0 bridgehead atoms. The third-order valence-corrected chi connectivity index (χ3v) is 4.00. The van der Waals surface area contributed by atoms with E-state index in [0.29, 0.717) is 23.3 Å². The third-order valence-electron chi connectivity index (χ3n) is 4.00. The number of carboxylic acids is 1. The summed E-state index contributed by atoms with van der Waals surface area (Å²) < 4.78 is 24.9. The number of ether oxygens (including phenoxy) is 2. The lowest BCUT2D eigenvalue weighted by molar-refractivity contribution is -0.136. The van der Waals surface area contributed by atoms with Crippen molar-refractivity contribution in [1.29, 1.82) is 0 Å². The molecule has 5 nitrogen and oxygen atoms in total. The molecular formula is C17H19FO5. The van der Waals surface area contributed by atoms with Gasteiger partial charge in [0.15, 0.2) is 0 Å².